The molecule has 102 valence electrons. The van der Waals surface area contributed by atoms with E-state index >= 15 is 0 Å². The van der Waals surface area contributed by atoms with Crippen LogP contribution in [0, 0.1) is 10.1 Å². The molecule has 3 rings (SSSR count). The first kappa shape index (κ1) is 12.3. The fourth-order valence-corrected chi connectivity index (χ4v) is 2.74. The van der Waals surface area contributed by atoms with Gasteiger partial charge in [-0.05, 0) is 38.3 Å². The van der Waals surface area contributed by atoms with Crippen LogP contribution in [0.2, 0.25) is 0 Å². The Morgan fingerprint density at radius 2 is 2.32 bits per heavy atom. The monoisotopic (exact) mass is 262 g/mol. The second kappa shape index (κ2) is 5.13. The van der Waals surface area contributed by atoms with Gasteiger partial charge in [-0.3, -0.25) is 15.1 Å². The maximum absolute atomic E-state index is 11.1. The third-order valence-corrected chi connectivity index (χ3v) is 3.85. The fraction of sp³-hybridized carbons (Fsp3) is 0.615. The highest BCUT2D eigenvalue weighted by Crippen LogP contribution is 2.36. The summed E-state index contributed by atoms with van der Waals surface area (Å²) in [5.41, 5.74) is 0.837. The van der Waals surface area contributed by atoms with Gasteiger partial charge in [0.25, 0.3) is 0 Å². The molecular weight excluding hydrogens is 244 g/mol. The van der Waals surface area contributed by atoms with Gasteiger partial charge in [0.1, 0.15) is 11.9 Å². The van der Waals surface area contributed by atoms with Crippen molar-refractivity contribution < 1.29 is 4.92 Å². The molecular formula is C13H18N4O2. The molecule has 0 radical (unpaired) electrons. The Morgan fingerprint density at radius 3 is 2.95 bits per heavy atom. The van der Waals surface area contributed by atoms with E-state index in [9.17, 15) is 10.1 Å². The highest BCUT2D eigenvalue weighted by Gasteiger charge is 2.34. The van der Waals surface area contributed by atoms with Gasteiger partial charge < -0.3 is 10.2 Å². The third kappa shape index (κ3) is 2.68. The van der Waals surface area contributed by atoms with Gasteiger partial charge in [0, 0.05) is 24.8 Å². The average molecular weight is 262 g/mol. The lowest BCUT2D eigenvalue weighted by Gasteiger charge is -2.27. The predicted octanol–water partition coefficient (Wildman–Crippen LogP) is 1.71. The van der Waals surface area contributed by atoms with Crippen LogP contribution in [-0.2, 0) is 0 Å². The Morgan fingerprint density at radius 1 is 1.47 bits per heavy atom. The predicted molar refractivity (Wildman–Crippen MR) is 72.3 cm³/mol. The topological polar surface area (TPSA) is 71.3 Å². The first-order valence-electron chi connectivity index (χ1n) is 6.84. The molecule has 1 saturated heterocycles. The smallest absolute Gasteiger partial charge is 0.310 e. The van der Waals surface area contributed by atoms with Crippen LogP contribution in [0.25, 0.3) is 0 Å². The lowest BCUT2D eigenvalue weighted by Crippen LogP contribution is -2.39. The van der Waals surface area contributed by atoms with Crippen LogP contribution >= 0.6 is 0 Å². The van der Waals surface area contributed by atoms with Gasteiger partial charge in [0.15, 0.2) is 0 Å². The molecule has 1 aromatic rings. The number of hydrogen-bond donors (Lipinski definition) is 1. The van der Waals surface area contributed by atoms with Crippen molar-refractivity contribution in [2.24, 2.45) is 0 Å². The van der Waals surface area contributed by atoms with Gasteiger partial charge in [0.2, 0.25) is 0 Å². The lowest BCUT2D eigenvalue weighted by molar-refractivity contribution is -0.384. The number of pyridine rings is 1. The molecule has 6 heteroatoms. The van der Waals surface area contributed by atoms with Crippen LogP contribution in [0.1, 0.15) is 25.7 Å². The molecule has 1 saturated carbocycles. The molecule has 19 heavy (non-hydrogen) atoms. The summed E-state index contributed by atoms with van der Waals surface area (Å²) in [5, 5.41) is 14.6. The Hall–Kier alpha value is -1.69. The molecule has 2 aliphatic rings. The molecule has 1 unspecified atom stereocenters. The Labute approximate surface area is 112 Å². The number of hydrogen-bond acceptors (Lipinski definition) is 5. The Balaban J connectivity index is 1.84. The minimum Gasteiger partial charge on any atom is -0.361 e. The van der Waals surface area contributed by atoms with Gasteiger partial charge in [-0.25, -0.2) is 0 Å². The van der Waals surface area contributed by atoms with E-state index in [0.29, 0.717) is 12.1 Å². The maximum Gasteiger partial charge on any atom is 0.310 e. The van der Waals surface area contributed by atoms with Crippen molar-refractivity contribution in [3.05, 3.63) is 28.6 Å². The van der Waals surface area contributed by atoms with Crippen LogP contribution < -0.4 is 10.2 Å². The largest absolute Gasteiger partial charge is 0.361 e. The number of nitro groups is 1. The van der Waals surface area contributed by atoms with Crippen molar-refractivity contribution in [3.63, 3.8) is 0 Å². The Bertz CT molecular complexity index is 469. The zero-order valence-corrected chi connectivity index (χ0v) is 10.8. The highest BCUT2D eigenvalue weighted by atomic mass is 16.6. The van der Waals surface area contributed by atoms with Crippen molar-refractivity contribution >= 4 is 11.4 Å². The summed E-state index contributed by atoms with van der Waals surface area (Å²) >= 11 is 0. The molecule has 1 atom stereocenters. The molecule has 1 aliphatic heterocycles. The summed E-state index contributed by atoms with van der Waals surface area (Å²) in [4.78, 5) is 16.9. The number of aromatic nitrogens is 1. The second-order valence-electron chi connectivity index (χ2n) is 5.30. The van der Waals surface area contributed by atoms with Crippen LogP contribution in [0.5, 0.6) is 0 Å². The Kier molecular flexibility index (Phi) is 3.33. The van der Waals surface area contributed by atoms with E-state index in [2.05, 4.69) is 15.2 Å². The van der Waals surface area contributed by atoms with Gasteiger partial charge in [-0.2, -0.15) is 0 Å². The van der Waals surface area contributed by atoms with Crippen molar-refractivity contribution in [1.82, 2.24) is 10.3 Å². The van der Waals surface area contributed by atoms with E-state index in [1.165, 1.54) is 12.6 Å². The van der Waals surface area contributed by atoms with E-state index in [1.807, 2.05) is 0 Å². The maximum atomic E-state index is 11.1. The minimum absolute atomic E-state index is 0.118. The summed E-state index contributed by atoms with van der Waals surface area (Å²) in [5.74, 6) is 0. The summed E-state index contributed by atoms with van der Waals surface area (Å²) in [6.07, 6.45) is 7.61. The lowest BCUT2D eigenvalue weighted by atomic mass is 10.2. The van der Waals surface area contributed by atoms with Crippen molar-refractivity contribution in [3.8, 4) is 0 Å². The first-order chi connectivity index (χ1) is 9.25. The van der Waals surface area contributed by atoms with Crippen molar-refractivity contribution in [2.45, 2.75) is 37.8 Å². The van der Waals surface area contributed by atoms with E-state index in [1.54, 1.807) is 12.3 Å². The fourth-order valence-electron chi connectivity index (χ4n) is 2.74. The van der Waals surface area contributed by atoms with Crippen LogP contribution in [0.4, 0.5) is 11.4 Å². The normalized spacial score (nSPS) is 22.4. The molecule has 0 amide bonds. The SMILES string of the molecule is O=[N+]([O-])c1cnccc1N(CC1CCCN1)C1CC1. The van der Waals surface area contributed by atoms with Crippen LogP contribution in [-0.4, -0.2) is 35.1 Å². The standard InChI is InChI=1S/C13H18N4O2/c18-17(19)13-8-14-7-5-12(13)16(11-3-4-11)9-10-2-1-6-15-10/h5,7-8,10-11,15H,1-4,6,9H2. The van der Waals surface area contributed by atoms with Gasteiger partial charge >= 0.3 is 5.69 Å². The van der Waals surface area contributed by atoms with Gasteiger partial charge in [-0.1, -0.05) is 0 Å². The summed E-state index contributed by atoms with van der Waals surface area (Å²) in [7, 11) is 0. The minimum atomic E-state index is -0.334. The quantitative estimate of drug-likeness (QED) is 0.646. The number of nitrogens with one attached hydrogen (secondary N) is 1. The van der Waals surface area contributed by atoms with E-state index < -0.39 is 0 Å². The number of anilines is 1. The molecule has 0 spiro atoms. The molecule has 1 N–H and O–H groups in total. The number of nitrogens with zero attached hydrogens (tertiary/aromatic N) is 3. The molecule has 1 aromatic heterocycles. The second-order valence-corrected chi connectivity index (χ2v) is 5.30. The molecule has 2 heterocycles. The van der Waals surface area contributed by atoms with Crippen molar-refractivity contribution in [1.29, 1.82) is 0 Å². The van der Waals surface area contributed by atoms with Gasteiger partial charge in [-0.15, -0.1) is 0 Å². The van der Waals surface area contributed by atoms with Gasteiger partial charge in [0.05, 0.1) is 4.92 Å². The molecule has 6 nitrogen and oxygen atoms in total. The molecule has 0 bridgehead atoms. The van der Waals surface area contributed by atoms with Crippen molar-refractivity contribution in [2.75, 3.05) is 18.0 Å². The highest BCUT2D eigenvalue weighted by molar-refractivity contribution is 5.63. The zero-order valence-electron chi connectivity index (χ0n) is 10.8. The molecule has 1 aliphatic carbocycles. The summed E-state index contributed by atoms with van der Waals surface area (Å²) < 4.78 is 0. The van der Waals surface area contributed by atoms with E-state index in [4.69, 9.17) is 0 Å². The van der Waals surface area contributed by atoms with Crippen LogP contribution in [0.15, 0.2) is 18.5 Å². The zero-order chi connectivity index (χ0) is 13.2. The molecule has 0 aromatic carbocycles. The van der Waals surface area contributed by atoms with E-state index in [0.717, 1.165) is 38.0 Å². The molecule has 2 fully saturated rings. The van der Waals surface area contributed by atoms with Crippen LogP contribution in [0.3, 0.4) is 0 Å². The number of rotatable bonds is 5. The average Bonchev–Trinajstić information content (AvgIpc) is 3.13. The summed E-state index contributed by atoms with van der Waals surface area (Å²) in [6, 6.07) is 2.68. The van der Waals surface area contributed by atoms with E-state index in [-0.39, 0.29) is 10.6 Å². The third-order valence-electron chi connectivity index (χ3n) is 3.85. The first-order valence-corrected chi connectivity index (χ1v) is 6.84. The summed E-state index contributed by atoms with van der Waals surface area (Å²) in [6.45, 7) is 1.91.